The summed E-state index contributed by atoms with van der Waals surface area (Å²) < 4.78 is 80.0. The second-order valence-electron chi connectivity index (χ2n) is 7.13. The second-order valence-corrected chi connectivity index (χ2v) is 8.14. The predicted molar refractivity (Wildman–Crippen MR) is 113 cm³/mol. The van der Waals surface area contributed by atoms with Gasteiger partial charge in [0.05, 0.1) is 15.8 Å². The Labute approximate surface area is 188 Å². The van der Waals surface area contributed by atoms with E-state index in [0.29, 0.717) is 16.8 Å². The molecule has 0 fully saturated rings. The number of carbonyl (C=O) groups is 1. The Morgan fingerprint density at radius 1 is 1.03 bits per heavy atom. The Bertz CT molecular complexity index is 1110. The summed E-state index contributed by atoms with van der Waals surface area (Å²) in [7, 11) is 3.57. The number of urea groups is 1. The van der Waals surface area contributed by atoms with E-state index in [1.165, 1.54) is 17.0 Å². The summed E-state index contributed by atoms with van der Waals surface area (Å²) in [5.74, 6) is -0.417. The molecule has 0 aliphatic carbocycles. The number of hydrogen-bond acceptors (Lipinski definition) is 5. The summed E-state index contributed by atoms with van der Waals surface area (Å²) >= 11 is 0.981. The Morgan fingerprint density at radius 3 is 2.27 bits per heavy atom. The molecule has 0 spiro atoms. The minimum atomic E-state index is -4.85. The van der Waals surface area contributed by atoms with Gasteiger partial charge in [-0.15, -0.1) is 13.2 Å². The molecule has 0 unspecified atom stereocenters. The van der Waals surface area contributed by atoms with Crippen LogP contribution in [0.4, 0.5) is 42.0 Å². The number of rotatable bonds is 6. The normalized spacial score (nSPS) is 12.3. The molecule has 0 bridgehead atoms. The van der Waals surface area contributed by atoms with E-state index in [1.807, 2.05) is 0 Å². The number of nitrogens with zero attached hydrogens (tertiary/aromatic N) is 3. The highest BCUT2D eigenvalue weighted by molar-refractivity contribution is 7.22. The highest BCUT2D eigenvalue weighted by Crippen LogP contribution is 2.34. The van der Waals surface area contributed by atoms with Gasteiger partial charge in [0, 0.05) is 24.8 Å². The number of hydrogen-bond donors (Lipinski definition) is 1. The van der Waals surface area contributed by atoms with Crippen molar-refractivity contribution in [2.75, 3.05) is 37.4 Å². The van der Waals surface area contributed by atoms with Gasteiger partial charge in [0.2, 0.25) is 0 Å². The van der Waals surface area contributed by atoms with Crippen LogP contribution in [0.5, 0.6) is 5.75 Å². The first kappa shape index (κ1) is 24.6. The maximum atomic E-state index is 12.9. The Kier molecular flexibility index (Phi) is 7.03. The first-order chi connectivity index (χ1) is 15.3. The molecule has 1 aromatic heterocycles. The van der Waals surface area contributed by atoms with Crippen LogP contribution >= 0.6 is 11.3 Å². The first-order valence-electron chi connectivity index (χ1n) is 9.39. The van der Waals surface area contributed by atoms with Crippen LogP contribution < -0.4 is 15.0 Å². The third kappa shape index (κ3) is 6.71. The van der Waals surface area contributed by atoms with Gasteiger partial charge in [-0.25, -0.2) is 9.78 Å². The molecule has 0 radical (unpaired) electrons. The average molecular weight is 492 g/mol. The van der Waals surface area contributed by atoms with Crippen LogP contribution in [-0.4, -0.2) is 49.5 Å². The predicted octanol–water partition coefficient (Wildman–Crippen LogP) is 5.81. The fourth-order valence-corrected chi connectivity index (χ4v) is 3.74. The zero-order valence-corrected chi connectivity index (χ0v) is 18.1. The number of carbonyl (C=O) groups excluding carboxylic acids is 1. The van der Waals surface area contributed by atoms with Crippen LogP contribution in [0.3, 0.4) is 0 Å². The molecule has 0 atom stereocenters. The molecule has 3 aromatic rings. The number of alkyl halides is 6. The van der Waals surface area contributed by atoms with Crippen LogP contribution in [-0.2, 0) is 6.18 Å². The molecule has 0 saturated carbocycles. The smallest absolute Gasteiger partial charge is 0.406 e. The fraction of sp³-hybridized carbons (Fsp3) is 0.300. The van der Waals surface area contributed by atoms with Crippen LogP contribution in [0.25, 0.3) is 10.2 Å². The maximum absolute atomic E-state index is 12.9. The molecule has 33 heavy (non-hydrogen) atoms. The molecule has 13 heteroatoms. The van der Waals surface area contributed by atoms with Gasteiger partial charge in [0.1, 0.15) is 5.75 Å². The van der Waals surface area contributed by atoms with Gasteiger partial charge in [-0.05, 0) is 50.5 Å². The monoisotopic (exact) mass is 492 g/mol. The molecule has 1 N–H and O–H groups in total. The number of halogens is 6. The van der Waals surface area contributed by atoms with E-state index in [9.17, 15) is 31.1 Å². The SMILES string of the molecule is CN(C)CCN(C(=O)Nc1ccc(C(F)(F)F)cc1)c1nc2ccc(OC(F)(F)F)cc2s1. The maximum Gasteiger partial charge on any atom is 0.573 e. The lowest BCUT2D eigenvalue weighted by atomic mass is 10.2. The van der Waals surface area contributed by atoms with Crippen molar-refractivity contribution in [2.45, 2.75) is 12.5 Å². The number of fused-ring (bicyclic) bond motifs is 1. The Hall–Kier alpha value is -3.06. The van der Waals surface area contributed by atoms with Crippen LogP contribution in [0.15, 0.2) is 42.5 Å². The number of thiazole rings is 1. The van der Waals surface area contributed by atoms with E-state index in [4.69, 9.17) is 0 Å². The number of ether oxygens (including phenoxy) is 1. The van der Waals surface area contributed by atoms with E-state index in [0.717, 1.165) is 41.7 Å². The summed E-state index contributed by atoms with van der Waals surface area (Å²) in [6.07, 6.45) is -9.35. The van der Waals surface area contributed by atoms with E-state index in [1.54, 1.807) is 19.0 Å². The van der Waals surface area contributed by atoms with Crippen molar-refractivity contribution in [3.63, 3.8) is 0 Å². The number of nitrogens with one attached hydrogen (secondary N) is 1. The molecule has 0 aliphatic heterocycles. The third-order valence-corrected chi connectivity index (χ3v) is 5.33. The van der Waals surface area contributed by atoms with Crippen LogP contribution in [0.1, 0.15) is 5.56 Å². The second kappa shape index (κ2) is 9.43. The standard InChI is InChI=1S/C20H18F6N4O2S/c1-29(2)9-10-30(17(31)27-13-5-3-12(4-6-13)19(21,22)23)18-28-15-8-7-14(11-16(15)33-18)32-20(24,25)26/h3-8,11H,9-10H2,1-2H3,(H,27,31). The highest BCUT2D eigenvalue weighted by Gasteiger charge is 2.32. The van der Waals surface area contributed by atoms with Gasteiger partial charge < -0.3 is 15.0 Å². The van der Waals surface area contributed by atoms with E-state index in [-0.39, 0.29) is 17.4 Å². The summed E-state index contributed by atoms with van der Waals surface area (Å²) in [5, 5.41) is 2.73. The summed E-state index contributed by atoms with van der Waals surface area (Å²) in [6.45, 7) is 0.601. The molecule has 2 aromatic carbocycles. The van der Waals surface area contributed by atoms with Gasteiger partial charge in [0.25, 0.3) is 0 Å². The molecule has 0 aliphatic rings. The Balaban J connectivity index is 1.85. The third-order valence-electron chi connectivity index (χ3n) is 4.29. The zero-order chi connectivity index (χ0) is 24.4. The molecular formula is C20H18F6N4O2S. The molecule has 178 valence electrons. The van der Waals surface area contributed by atoms with Crippen molar-refractivity contribution in [3.8, 4) is 5.75 Å². The minimum absolute atomic E-state index is 0.143. The van der Waals surface area contributed by atoms with Gasteiger partial charge in [-0.1, -0.05) is 11.3 Å². The number of anilines is 2. The van der Waals surface area contributed by atoms with Gasteiger partial charge in [-0.2, -0.15) is 13.2 Å². The molecule has 0 saturated heterocycles. The van der Waals surface area contributed by atoms with Crippen molar-refractivity contribution in [2.24, 2.45) is 0 Å². The zero-order valence-electron chi connectivity index (χ0n) is 17.3. The largest absolute Gasteiger partial charge is 0.573 e. The minimum Gasteiger partial charge on any atom is -0.406 e. The first-order valence-corrected chi connectivity index (χ1v) is 10.2. The van der Waals surface area contributed by atoms with Gasteiger partial charge >= 0.3 is 18.6 Å². The summed E-state index contributed by atoms with van der Waals surface area (Å²) in [4.78, 5) is 20.3. The molecule has 6 nitrogen and oxygen atoms in total. The Morgan fingerprint density at radius 2 is 1.70 bits per heavy atom. The molecule has 3 rings (SSSR count). The van der Waals surface area contributed by atoms with Crippen molar-refractivity contribution >= 4 is 38.4 Å². The van der Waals surface area contributed by atoms with E-state index >= 15 is 0 Å². The van der Waals surface area contributed by atoms with Crippen molar-refractivity contribution < 1.29 is 35.9 Å². The highest BCUT2D eigenvalue weighted by atomic mass is 32.1. The van der Waals surface area contributed by atoms with Crippen LogP contribution in [0.2, 0.25) is 0 Å². The lowest BCUT2D eigenvalue weighted by molar-refractivity contribution is -0.274. The average Bonchev–Trinajstić information content (AvgIpc) is 3.09. The lowest BCUT2D eigenvalue weighted by Gasteiger charge is -2.22. The van der Waals surface area contributed by atoms with Crippen molar-refractivity contribution in [1.82, 2.24) is 9.88 Å². The molecule has 2 amide bonds. The number of benzene rings is 2. The fourth-order valence-electron chi connectivity index (χ4n) is 2.72. The summed E-state index contributed by atoms with van der Waals surface area (Å²) in [5.41, 5.74) is -0.348. The van der Waals surface area contributed by atoms with E-state index < -0.39 is 29.9 Å². The van der Waals surface area contributed by atoms with Gasteiger partial charge in [-0.3, -0.25) is 4.90 Å². The van der Waals surface area contributed by atoms with E-state index in [2.05, 4.69) is 15.0 Å². The van der Waals surface area contributed by atoms with Crippen LogP contribution in [0, 0.1) is 0 Å². The van der Waals surface area contributed by atoms with Crippen molar-refractivity contribution in [1.29, 1.82) is 0 Å². The number of aromatic nitrogens is 1. The number of amides is 2. The molecule has 1 heterocycles. The number of likely N-dealkylation sites (N-methyl/N-ethyl adjacent to an activating group) is 1. The summed E-state index contributed by atoms with van der Waals surface area (Å²) in [6, 6.07) is 6.93. The van der Waals surface area contributed by atoms with Crippen molar-refractivity contribution in [3.05, 3.63) is 48.0 Å². The quantitative estimate of drug-likeness (QED) is 0.441. The topological polar surface area (TPSA) is 57.7 Å². The molecular weight excluding hydrogens is 474 g/mol. The lowest BCUT2D eigenvalue weighted by Crippen LogP contribution is -2.39. The van der Waals surface area contributed by atoms with Gasteiger partial charge in [0.15, 0.2) is 5.13 Å².